The van der Waals surface area contributed by atoms with Gasteiger partial charge in [0.05, 0.1) is 0 Å². The van der Waals surface area contributed by atoms with E-state index in [9.17, 15) is 4.79 Å². The van der Waals surface area contributed by atoms with E-state index in [1.165, 1.54) is 0 Å². The van der Waals surface area contributed by atoms with Crippen LogP contribution in [0.5, 0.6) is 0 Å². The molecule has 0 aliphatic heterocycles. The van der Waals surface area contributed by atoms with Gasteiger partial charge in [-0.05, 0) is 38.2 Å². The van der Waals surface area contributed by atoms with Gasteiger partial charge >= 0.3 is 0 Å². The van der Waals surface area contributed by atoms with Crippen LogP contribution in [0, 0.1) is 6.92 Å². The summed E-state index contributed by atoms with van der Waals surface area (Å²) >= 11 is 0. The monoisotopic (exact) mass is 231 g/mol. The van der Waals surface area contributed by atoms with Gasteiger partial charge in [0.15, 0.2) is 0 Å². The Labute approximate surface area is 100 Å². The van der Waals surface area contributed by atoms with Crippen LogP contribution in [0.15, 0.2) is 24.3 Å². The zero-order valence-electron chi connectivity index (χ0n) is 10.1. The van der Waals surface area contributed by atoms with Gasteiger partial charge in [-0.1, -0.05) is 0 Å². The standard InChI is InChI=1S/C13H17N3O/c1-9-7-10-8-11(3-4-12(10)15-9)16-13(17)5-6-14-2/h3-4,7-8,14-15H,5-6H2,1-2H3,(H,16,17). The molecule has 0 saturated carbocycles. The molecule has 0 radical (unpaired) electrons. The summed E-state index contributed by atoms with van der Waals surface area (Å²) in [5.41, 5.74) is 3.06. The molecular weight excluding hydrogens is 214 g/mol. The minimum absolute atomic E-state index is 0.0333. The number of aryl methyl sites for hydroxylation is 1. The summed E-state index contributed by atoms with van der Waals surface area (Å²) in [5, 5.41) is 6.96. The van der Waals surface area contributed by atoms with Crippen LogP contribution in [0.4, 0.5) is 5.69 Å². The second kappa shape index (κ2) is 5.01. The van der Waals surface area contributed by atoms with Crippen molar-refractivity contribution in [1.29, 1.82) is 0 Å². The molecule has 4 heteroatoms. The minimum Gasteiger partial charge on any atom is -0.359 e. The van der Waals surface area contributed by atoms with E-state index >= 15 is 0 Å². The number of hydrogen-bond acceptors (Lipinski definition) is 2. The molecule has 90 valence electrons. The lowest BCUT2D eigenvalue weighted by atomic mass is 10.2. The molecule has 1 aromatic carbocycles. The van der Waals surface area contributed by atoms with Gasteiger partial charge in [-0.25, -0.2) is 0 Å². The van der Waals surface area contributed by atoms with Crippen molar-refractivity contribution < 1.29 is 4.79 Å². The second-order valence-electron chi connectivity index (χ2n) is 4.16. The number of benzene rings is 1. The van der Waals surface area contributed by atoms with Crippen molar-refractivity contribution in [3.63, 3.8) is 0 Å². The molecular formula is C13H17N3O. The van der Waals surface area contributed by atoms with E-state index in [1.54, 1.807) is 0 Å². The van der Waals surface area contributed by atoms with E-state index in [0.29, 0.717) is 13.0 Å². The molecule has 0 aliphatic rings. The topological polar surface area (TPSA) is 56.9 Å². The molecule has 1 aromatic heterocycles. The van der Waals surface area contributed by atoms with Gasteiger partial charge in [0, 0.05) is 35.2 Å². The van der Waals surface area contributed by atoms with Crippen molar-refractivity contribution in [2.24, 2.45) is 0 Å². The van der Waals surface area contributed by atoms with Crippen molar-refractivity contribution >= 4 is 22.5 Å². The van der Waals surface area contributed by atoms with Crippen LogP contribution in [-0.2, 0) is 4.79 Å². The summed E-state index contributed by atoms with van der Waals surface area (Å²) in [6.45, 7) is 2.71. The lowest BCUT2D eigenvalue weighted by molar-refractivity contribution is -0.116. The predicted molar refractivity (Wildman–Crippen MR) is 70.2 cm³/mol. The second-order valence-corrected chi connectivity index (χ2v) is 4.16. The highest BCUT2D eigenvalue weighted by Gasteiger charge is 2.03. The minimum atomic E-state index is 0.0333. The average molecular weight is 231 g/mol. The van der Waals surface area contributed by atoms with Gasteiger partial charge in [-0.3, -0.25) is 4.79 Å². The number of hydrogen-bond donors (Lipinski definition) is 3. The Morgan fingerprint density at radius 1 is 1.35 bits per heavy atom. The smallest absolute Gasteiger partial charge is 0.225 e. The van der Waals surface area contributed by atoms with Gasteiger partial charge in [0.25, 0.3) is 0 Å². The van der Waals surface area contributed by atoms with Crippen molar-refractivity contribution in [1.82, 2.24) is 10.3 Å². The summed E-state index contributed by atoms with van der Waals surface area (Å²) in [4.78, 5) is 14.8. The fourth-order valence-electron chi connectivity index (χ4n) is 1.82. The van der Waals surface area contributed by atoms with Crippen molar-refractivity contribution in [2.45, 2.75) is 13.3 Å². The molecule has 4 nitrogen and oxygen atoms in total. The van der Waals surface area contributed by atoms with Crippen LogP contribution in [0.25, 0.3) is 10.9 Å². The molecule has 1 heterocycles. The summed E-state index contributed by atoms with van der Waals surface area (Å²) in [7, 11) is 1.84. The van der Waals surface area contributed by atoms with E-state index in [0.717, 1.165) is 22.3 Å². The molecule has 3 N–H and O–H groups in total. The average Bonchev–Trinajstić information content (AvgIpc) is 2.65. The van der Waals surface area contributed by atoms with Gasteiger partial charge in [-0.15, -0.1) is 0 Å². The van der Waals surface area contributed by atoms with Gasteiger partial charge < -0.3 is 15.6 Å². The summed E-state index contributed by atoms with van der Waals surface area (Å²) < 4.78 is 0. The number of aromatic amines is 1. The van der Waals surface area contributed by atoms with Crippen LogP contribution in [0.3, 0.4) is 0 Å². The number of rotatable bonds is 4. The highest BCUT2D eigenvalue weighted by Crippen LogP contribution is 2.19. The maximum atomic E-state index is 11.6. The van der Waals surface area contributed by atoms with E-state index < -0.39 is 0 Å². The van der Waals surface area contributed by atoms with Crippen molar-refractivity contribution in [2.75, 3.05) is 18.9 Å². The fourth-order valence-corrected chi connectivity index (χ4v) is 1.82. The molecule has 1 amide bonds. The Balaban J connectivity index is 2.10. The van der Waals surface area contributed by atoms with Gasteiger partial charge in [0.2, 0.25) is 5.91 Å². The molecule has 2 rings (SSSR count). The number of anilines is 1. The Morgan fingerprint density at radius 3 is 2.94 bits per heavy atom. The number of nitrogens with one attached hydrogen (secondary N) is 3. The van der Waals surface area contributed by atoms with Crippen LogP contribution in [0.1, 0.15) is 12.1 Å². The number of fused-ring (bicyclic) bond motifs is 1. The maximum absolute atomic E-state index is 11.6. The fraction of sp³-hybridized carbons (Fsp3) is 0.308. The lowest BCUT2D eigenvalue weighted by Gasteiger charge is -2.04. The van der Waals surface area contributed by atoms with E-state index in [1.807, 2.05) is 32.2 Å². The molecule has 0 aliphatic carbocycles. The molecule has 0 atom stereocenters. The van der Waals surface area contributed by atoms with Crippen LogP contribution in [-0.4, -0.2) is 24.5 Å². The summed E-state index contributed by atoms with van der Waals surface area (Å²) in [6, 6.07) is 7.94. The lowest BCUT2D eigenvalue weighted by Crippen LogP contribution is -2.18. The third-order valence-electron chi connectivity index (χ3n) is 2.64. The first-order chi connectivity index (χ1) is 8.19. The van der Waals surface area contributed by atoms with E-state index in [-0.39, 0.29) is 5.91 Å². The number of amides is 1. The number of H-pyrrole nitrogens is 1. The maximum Gasteiger partial charge on any atom is 0.225 e. The Hall–Kier alpha value is -1.81. The number of aromatic nitrogens is 1. The predicted octanol–water partition coefficient (Wildman–Crippen LogP) is 2.02. The molecule has 17 heavy (non-hydrogen) atoms. The third-order valence-corrected chi connectivity index (χ3v) is 2.64. The van der Waals surface area contributed by atoms with Gasteiger partial charge in [-0.2, -0.15) is 0 Å². The third kappa shape index (κ3) is 2.85. The first-order valence-electron chi connectivity index (χ1n) is 5.73. The largest absolute Gasteiger partial charge is 0.359 e. The van der Waals surface area contributed by atoms with Crippen molar-refractivity contribution in [3.05, 3.63) is 30.0 Å². The zero-order chi connectivity index (χ0) is 12.3. The van der Waals surface area contributed by atoms with Crippen LogP contribution in [0.2, 0.25) is 0 Å². The zero-order valence-corrected chi connectivity index (χ0v) is 10.1. The van der Waals surface area contributed by atoms with E-state index in [4.69, 9.17) is 0 Å². The van der Waals surface area contributed by atoms with Crippen molar-refractivity contribution in [3.8, 4) is 0 Å². The Kier molecular flexibility index (Phi) is 3.44. The molecule has 0 saturated heterocycles. The molecule has 0 bridgehead atoms. The molecule has 0 spiro atoms. The number of carbonyl (C=O) groups excluding carboxylic acids is 1. The molecule has 0 unspecified atom stereocenters. The SMILES string of the molecule is CNCCC(=O)Nc1ccc2[nH]c(C)cc2c1. The summed E-state index contributed by atoms with van der Waals surface area (Å²) in [6.07, 6.45) is 0.487. The Morgan fingerprint density at radius 2 is 2.18 bits per heavy atom. The van der Waals surface area contributed by atoms with E-state index in [2.05, 4.69) is 21.7 Å². The number of carbonyl (C=O) groups is 1. The first-order valence-corrected chi connectivity index (χ1v) is 5.73. The summed E-state index contributed by atoms with van der Waals surface area (Å²) in [5.74, 6) is 0.0333. The first kappa shape index (κ1) is 11.7. The Bertz CT molecular complexity index is 530. The molecule has 2 aromatic rings. The van der Waals surface area contributed by atoms with Gasteiger partial charge in [0.1, 0.15) is 0 Å². The normalized spacial score (nSPS) is 10.7. The quantitative estimate of drug-likeness (QED) is 0.754. The highest BCUT2D eigenvalue weighted by atomic mass is 16.1. The molecule has 0 fully saturated rings. The highest BCUT2D eigenvalue weighted by molar-refractivity contribution is 5.94. The van der Waals surface area contributed by atoms with Crippen LogP contribution < -0.4 is 10.6 Å². The van der Waals surface area contributed by atoms with Crippen LogP contribution >= 0.6 is 0 Å².